The van der Waals surface area contributed by atoms with E-state index in [1.54, 1.807) is 0 Å². The van der Waals surface area contributed by atoms with E-state index < -0.39 is 53.1 Å². The number of halogens is 1. The molecule has 2 amide bonds. The fourth-order valence-corrected chi connectivity index (χ4v) is 7.11. The first-order valence-corrected chi connectivity index (χ1v) is 14.2. The molecule has 12 nitrogen and oxygen atoms in total. The van der Waals surface area contributed by atoms with Crippen LogP contribution in [-0.4, -0.2) is 83.8 Å². The number of aryl methyl sites for hydroxylation is 1. The monoisotopic (exact) mass is 598 g/mol. The minimum atomic E-state index is -1.50. The molecule has 0 spiro atoms. The van der Waals surface area contributed by atoms with Gasteiger partial charge in [0.25, 0.3) is 11.8 Å². The van der Waals surface area contributed by atoms with Crippen molar-refractivity contribution in [3.63, 3.8) is 0 Å². The van der Waals surface area contributed by atoms with Gasteiger partial charge in [0, 0.05) is 17.1 Å². The second-order valence-corrected chi connectivity index (χ2v) is 11.7. The Morgan fingerprint density at radius 3 is 2.50 bits per heavy atom. The summed E-state index contributed by atoms with van der Waals surface area (Å²) in [4.78, 5) is 62.3. The van der Waals surface area contributed by atoms with Gasteiger partial charge in [-0.2, -0.15) is 0 Å². The number of carboxylic acids is 2. The number of carbonyl (C=O) groups excluding carboxylic acids is 3. The molecule has 1 saturated heterocycles. The van der Waals surface area contributed by atoms with Crippen LogP contribution in [-0.2, 0) is 23.9 Å². The number of aromatic carboxylic acids is 1. The molecule has 2 aliphatic heterocycles. The second kappa shape index (κ2) is 11.7. The molecule has 1 aromatic heterocycles. The Kier molecular flexibility index (Phi) is 8.60. The number of hydrogen-bond acceptors (Lipinski definition) is 11. The van der Waals surface area contributed by atoms with Gasteiger partial charge in [0.2, 0.25) is 6.10 Å². The topological polar surface area (TPSA) is 176 Å². The fraction of sp³-hybridized carbons (Fsp3) is 0.318. The third-order valence-corrected chi connectivity index (χ3v) is 9.10. The molecule has 0 bridgehead atoms. The first kappa shape index (κ1) is 27.9. The lowest BCUT2D eigenvalue weighted by atomic mass is 10.0. The van der Waals surface area contributed by atoms with Gasteiger partial charge < -0.3 is 20.3 Å². The van der Waals surface area contributed by atoms with Crippen molar-refractivity contribution < 1.29 is 38.9 Å². The SMILES string of the molecule is Cc1nnc(SCC2=C(C(=O)O)N3C(=O)C(NC(=O)C(OC(=O)CCl)c4ccc(C(=O)O)cc4)[C@H]3SC2)s1. The average molecular weight is 599 g/mol. The fourth-order valence-electron chi connectivity index (χ4n) is 3.75. The number of benzene rings is 1. The van der Waals surface area contributed by atoms with Gasteiger partial charge in [0.1, 0.15) is 28.0 Å². The molecule has 2 aromatic rings. The van der Waals surface area contributed by atoms with Gasteiger partial charge in [-0.05, 0) is 24.6 Å². The number of nitrogens with one attached hydrogen (secondary N) is 1. The number of carboxylic acid groups (broad SMARTS) is 2. The molecule has 1 fully saturated rings. The number of hydrogen-bond donors (Lipinski definition) is 3. The van der Waals surface area contributed by atoms with Crippen LogP contribution in [0.2, 0.25) is 0 Å². The lowest BCUT2D eigenvalue weighted by molar-refractivity contribution is -0.157. The standard InChI is InChI=1S/C22H19ClN4O8S3/c1-9-25-26-22(38-9)37-8-12-7-36-19-14(18(30)27(19)15(12)21(33)34)24-17(29)16(35-13(28)6-23)10-2-4-11(5-3-10)20(31)32/h2-5,14,16,19H,6-8H2,1H3,(H,24,29)(H,31,32)(H,33,34)/t14?,16?,19-/m1/s1. The van der Waals surface area contributed by atoms with Crippen LogP contribution in [0.4, 0.5) is 0 Å². The van der Waals surface area contributed by atoms with E-state index in [1.165, 1.54) is 59.1 Å². The van der Waals surface area contributed by atoms with Gasteiger partial charge in [0.15, 0.2) is 4.34 Å². The highest BCUT2D eigenvalue weighted by Gasteiger charge is 2.54. The van der Waals surface area contributed by atoms with Crippen LogP contribution in [0, 0.1) is 6.92 Å². The smallest absolute Gasteiger partial charge is 0.352 e. The van der Waals surface area contributed by atoms with E-state index >= 15 is 0 Å². The predicted octanol–water partition coefficient (Wildman–Crippen LogP) is 1.90. The summed E-state index contributed by atoms with van der Waals surface area (Å²) < 4.78 is 5.84. The summed E-state index contributed by atoms with van der Waals surface area (Å²) in [7, 11) is 0. The van der Waals surface area contributed by atoms with Crippen molar-refractivity contribution in [1.82, 2.24) is 20.4 Å². The molecule has 0 saturated carbocycles. The molecule has 0 radical (unpaired) electrons. The molecule has 3 N–H and O–H groups in total. The highest BCUT2D eigenvalue weighted by molar-refractivity contribution is 8.01. The van der Waals surface area contributed by atoms with Crippen LogP contribution in [0.25, 0.3) is 0 Å². The van der Waals surface area contributed by atoms with Crippen molar-refractivity contribution >= 4 is 76.2 Å². The lowest BCUT2D eigenvalue weighted by Gasteiger charge is -2.49. The summed E-state index contributed by atoms with van der Waals surface area (Å²) in [5.41, 5.74) is 0.543. The molecule has 200 valence electrons. The zero-order valence-corrected chi connectivity index (χ0v) is 22.7. The molecule has 0 aliphatic carbocycles. The number of thioether (sulfide) groups is 2. The molecule has 38 heavy (non-hydrogen) atoms. The number of fused-ring (bicyclic) bond motifs is 1. The van der Waals surface area contributed by atoms with Crippen molar-refractivity contribution in [3.05, 3.63) is 51.7 Å². The van der Waals surface area contributed by atoms with Crippen LogP contribution in [0.5, 0.6) is 0 Å². The summed E-state index contributed by atoms with van der Waals surface area (Å²) in [6.45, 7) is 1.81. The number of carbonyl (C=O) groups is 5. The van der Waals surface area contributed by atoms with E-state index in [2.05, 4.69) is 15.5 Å². The number of aliphatic carboxylic acids is 1. The highest BCUT2D eigenvalue weighted by atomic mass is 35.5. The second-order valence-electron chi connectivity index (χ2n) is 7.96. The zero-order valence-electron chi connectivity index (χ0n) is 19.5. The summed E-state index contributed by atoms with van der Waals surface area (Å²) >= 11 is 9.53. The molecular weight excluding hydrogens is 580 g/mol. The Balaban J connectivity index is 1.50. The Bertz CT molecular complexity index is 1330. The normalized spacial score (nSPS) is 19.3. The van der Waals surface area contributed by atoms with Crippen molar-refractivity contribution in [3.8, 4) is 0 Å². The number of esters is 1. The third-order valence-electron chi connectivity index (χ3n) is 5.48. The molecule has 3 atom stereocenters. The van der Waals surface area contributed by atoms with E-state index in [-0.39, 0.29) is 16.8 Å². The summed E-state index contributed by atoms with van der Waals surface area (Å²) in [6.07, 6.45) is -1.50. The van der Waals surface area contributed by atoms with Crippen LogP contribution in [0.1, 0.15) is 27.0 Å². The van der Waals surface area contributed by atoms with E-state index in [1.807, 2.05) is 6.92 Å². The third kappa shape index (κ3) is 5.80. The maximum Gasteiger partial charge on any atom is 0.352 e. The Morgan fingerprint density at radius 2 is 1.92 bits per heavy atom. The van der Waals surface area contributed by atoms with Crippen molar-refractivity contribution in [1.29, 1.82) is 0 Å². The van der Waals surface area contributed by atoms with Crippen LogP contribution < -0.4 is 5.32 Å². The lowest BCUT2D eigenvalue weighted by Crippen LogP contribution is -2.71. The quantitative estimate of drug-likeness (QED) is 0.157. The van der Waals surface area contributed by atoms with E-state index in [0.29, 0.717) is 21.4 Å². The van der Waals surface area contributed by atoms with Gasteiger partial charge in [-0.3, -0.25) is 19.3 Å². The molecule has 4 rings (SSSR count). The van der Waals surface area contributed by atoms with Gasteiger partial charge in [0.05, 0.1) is 5.56 Å². The van der Waals surface area contributed by atoms with Crippen LogP contribution in [0.3, 0.4) is 0 Å². The molecule has 1 aromatic carbocycles. The number of alkyl halides is 1. The van der Waals surface area contributed by atoms with Gasteiger partial charge in [-0.15, -0.1) is 33.6 Å². The van der Waals surface area contributed by atoms with Gasteiger partial charge in [-0.1, -0.05) is 35.2 Å². The molecule has 2 aliphatic rings. The first-order valence-electron chi connectivity index (χ1n) is 10.8. The average Bonchev–Trinajstić information content (AvgIpc) is 3.32. The Morgan fingerprint density at radius 1 is 1.21 bits per heavy atom. The van der Waals surface area contributed by atoms with E-state index in [0.717, 1.165) is 9.91 Å². The summed E-state index contributed by atoms with van der Waals surface area (Å²) in [5.74, 6) is -4.70. The van der Waals surface area contributed by atoms with E-state index in [4.69, 9.17) is 21.4 Å². The number of nitrogens with zero attached hydrogens (tertiary/aromatic N) is 3. The van der Waals surface area contributed by atoms with Gasteiger partial charge >= 0.3 is 17.9 Å². The zero-order chi connectivity index (χ0) is 27.6. The molecule has 2 unspecified atom stereocenters. The number of β-lactam (4-membered cyclic amide) rings is 1. The number of ether oxygens (including phenoxy) is 1. The van der Waals surface area contributed by atoms with Crippen LogP contribution in [0.15, 0.2) is 39.9 Å². The molecular formula is C22H19ClN4O8S3. The molecule has 3 heterocycles. The van der Waals surface area contributed by atoms with Crippen molar-refractivity contribution in [2.24, 2.45) is 0 Å². The van der Waals surface area contributed by atoms with E-state index in [9.17, 15) is 29.1 Å². The maximum atomic E-state index is 13.1. The number of aromatic nitrogens is 2. The predicted molar refractivity (Wildman–Crippen MR) is 138 cm³/mol. The summed E-state index contributed by atoms with van der Waals surface area (Å²) in [5, 5.41) is 29.5. The minimum Gasteiger partial charge on any atom is -0.478 e. The minimum absolute atomic E-state index is 0.0387. The highest BCUT2D eigenvalue weighted by Crippen LogP contribution is 2.42. The van der Waals surface area contributed by atoms with Gasteiger partial charge in [-0.25, -0.2) is 9.59 Å². The summed E-state index contributed by atoms with van der Waals surface area (Å²) in [6, 6.07) is 4.05. The largest absolute Gasteiger partial charge is 0.478 e. The van der Waals surface area contributed by atoms with Crippen molar-refractivity contribution in [2.75, 3.05) is 17.4 Å². The van der Waals surface area contributed by atoms with Crippen molar-refractivity contribution in [2.45, 2.75) is 28.8 Å². The maximum absolute atomic E-state index is 13.1. The Labute approximate surface area is 232 Å². The number of rotatable bonds is 10. The first-order chi connectivity index (χ1) is 18.1. The molecule has 16 heteroatoms. The van der Waals surface area contributed by atoms with Crippen LogP contribution >= 0.6 is 46.5 Å². The Hall–Kier alpha value is -3.14. The number of amides is 2.